The quantitative estimate of drug-likeness (QED) is 0.851. The molecule has 0 radical (unpaired) electrons. The zero-order valence-corrected chi connectivity index (χ0v) is 12.3. The third-order valence-electron chi connectivity index (χ3n) is 3.15. The Bertz CT molecular complexity index is 618. The molecule has 1 aromatic carbocycles. The van der Waals surface area contributed by atoms with Gasteiger partial charge < -0.3 is 9.30 Å². The zero-order chi connectivity index (χ0) is 13.2. The minimum atomic E-state index is 0.252. The number of aromatic nitrogens is 1. The maximum Gasteiger partial charge on any atom is 0.233 e. The number of rotatable bonds is 3. The van der Waals surface area contributed by atoms with Crippen LogP contribution in [-0.2, 0) is 11.3 Å². The molecule has 1 unspecified atom stereocenters. The van der Waals surface area contributed by atoms with Crippen molar-refractivity contribution in [3.05, 3.63) is 58.3 Å². The molecule has 2 heterocycles. The molecule has 4 heteroatoms. The number of hydrogen-bond donors (Lipinski definition) is 0. The highest BCUT2D eigenvalue weighted by atomic mass is 79.9. The first kappa shape index (κ1) is 12.5. The van der Waals surface area contributed by atoms with Crippen molar-refractivity contribution in [3.8, 4) is 0 Å². The van der Waals surface area contributed by atoms with Gasteiger partial charge in [0.2, 0.25) is 5.90 Å². The van der Waals surface area contributed by atoms with Crippen LogP contribution in [0.5, 0.6) is 0 Å². The normalized spacial score (nSPS) is 18.2. The smallest absolute Gasteiger partial charge is 0.233 e. The van der Waals surface area contributed by atoms with Gasteiger partial charge in [-0.25, -0.2) is 4.99 Å². The van der Waals surface area contributed by atoms with Crippen molar-refractivity contribution in [1.29, 1.82) is 0 Å². The maximum atomic E-state index is 5.64. The third-order valence-corrected chi connectivity index (χ3v) is 3.92. The number of hydrogen-bond acceptors (Lipinski definition) is 2. The first-order valence-corrected chi connectivity index (χ1v) is 7.13. The Labute approximate surface area is 121 Å². The van der Waals surface area contributed by atoms with Crippen molar-refractivity contribution in [2.75, 3.05) is 6.61 Å². The van der Waals surface area contributed by atoms with E-state index in [1.807, 2.05) is 18.2 Å². The van der Waals surface area contributed by atoms with Crippen molar-refractivity contribution in [2.45, 2.75) is 19.5 Å². The average Bonchev–Trinajstić information content (AvgIpc) is 3.01. The maximum absolute atomic E-state index is 5.64. The molecule has 0 N–H and O–H groups in total. The molecule has 0 saturated carbocycles. The molecule has 19 heavy (non-hydrogen) atoms. The highest BCUT2D eigenvalue weighted by Crippen LogP contribution is 2.19. The minimum absolute atomic E-state index is 0.252. The molecule has 3 nitrogen and oxygen atoms in total. The van der Waals surface area contributed by atoms with E-state index in [2.05, 4.69) is 56.8 Å². The summed E-state index contributed by atoms with van der Waals surface area (Å²) in [7, 11) is 0. The highest BCUT2D eigenvalue weighted by Gasteiger charge is 2.19. The largest absolute Gasteiger partial charge is 0.474 e. The Kier molecular flexibility index (Phi) is 3.42. The van der Waals surface area contributed by atoms with Crippen LogP contribution >= 0.6 is 15.9 Å². The molecular formula is C15H15BrN2O. The summed E-state index contributed by atoms with van der Waals surface area (Å²) in [5, 5.41) is 0. The van der Waals surface area contributed by atoms with Gasteiger partial charge in [-0.3, -0.25) is 0 Å². The Morgan fingerprint density at radius 2 is 2.16 bits per heavy atom. The molecule has 1 aromatic heterocycles. The van der Waals surface area contributed by atoms with Crippen LogP contribution in [0.3, 0.4) is 0 Å². The second-order valence-electron chi connectivity index (χ2n) is 4.71. The predicted octanol–water partition coefficient (Wildman–Crippen LogP) is 3.46. The zero-order valence-electron chi connectivity index (χ0n) is 10.7. The molecule has 0 spiro atoms. The molecule has 0 aliphatic carbocycles. The Hall–Kier alpha value is -1.55. The van der Waals surface area contributed by atoms with Crippen LogP contribution in [0, 0.1) is 0 Å². The summed E-state index contributed by atoms with van der Waals surface area (Å²) < 4.78 is 8.92. The van der Waals surface area contributed by atoms with E-state index in [1.165, 1.54) is 5.56 Å². The van der Waals surface area contributed by atoms with Crippen LogP contribution in [0.15, 0.2) is 52.1 Å². The van der Waals surface area contributed by atoms with Gasteiger partial charge in [0.1, 0.15) is 12.3 Å². The fraction of sp³-hybridized carbons (Fsp3) is 0.267. The highest BCUT2D eigenvalue weighted by molar-refractivity contribution is 9.10. The fourth-order valence-electron chi connectivity index (χ4n) is 2.17. The van der Waals surface area contributed by atoms with Gasteiger partial charge in [-0.2, -0.15) is 0 Å². The monoisotopic (exact) mass is 318 g/mol. The van der Waals surface area contributed by atoms with Gasteiger partial charge >= 0.3 is 0 Å². The minimum Gasteiger partial charge on any atom is -0.474 e. The molecule has 98 valence electrons. The molecule has 0 fully saturated rings. The molecule has 1 aliphatic rings. The van der Waals surface area contributed by atoms with E-state index in [9.17, 15) is 0 Å². The lowest BCUT2D eigenvalue weighted by molar-refractivity contribution is 0.322. The lowest BCUT2D eigenvalue weighted by Gasteiger charge is -2.10. The first-order valence-electron chi connectivity index (χ1n) is 6.33. The predicted molar refractivity (Wildman–Crippen MR) is 79.6 cm³/mol. The van der Waals surface area contributed by atoms with E-state index in [1.54, 1.807) is 0 Å². The summed E-state index contributed by atoms with van der Waals surface area (Å²) in [6, 6.07) is 12.6. The molecule has 0 saturated heterocycles. The molecule has 2 aromatic rings. The van der Waals surface area contributed by atoms with Crippen molar-refractivity contribution in [1.82, 2.24) is 4.57 Å². The molecule has 0 bridgehead atoms. The topological polar surface area (TPSA) is 26.5 Å². The van der Waals surface area contributed by atoms with Gasteiger partial charge in [0.05, 0.1) is 6.04 Å². The van der Waals surface area contributed by atoms with Crippen LogP contribution in [-0.4, -0.2) is 23.1 Å². The van der Waals surface area contributed by atoms with E-state index in [-0.39, 0.29) is 6.04 Å². The Morgan fingerprint density at radius 1 is 1.32 bits per heavy atom. The number of halogens is 1. The van der Waals surface area contributed by atoms with Gasteiger partial charge in [0.15, 0.2) is 0 Å². The van der Waals surface area contributed by atoms with E-state index in [0.29, 0.717) is 6.61 Å². The summed E-state index contributed by atoms with van der Waals surface area (Å²) in [4.78, 5) is 4.52. The molecule has 1 atom stereocenters. The summed E-state index contributed by atoms with van der Waals surface area (Å²) in [6.07, 6.45) is 2.06. The third kappa shape index (κ3) is 2.59. The van der Waals surface area contributed by atoms with Gasteiger partial charge in [-0.1, -0.05) is 34.1 Å². The first-order chi connectivity index (χ1) is 9.24. The number of nitrogens with zero attached hydrogens (tertiary/aromatic N) is 2. The van der Waals surface area contributed by atoms with Crippen LogP contribution in [0.4, 0.5) is 0 Å². The number of ether oxygens (including phenoxy) is 1. The van der Waals surface area contributed by atoms with Crippen molar-refractivity contribution >= 4 is 21.8 Å². The van der Waals surface area contributed by atoms with Crippen molar-refractivity contribution < 1.29 is 4.74 Å². The average molecular weight is 319 g/mol. The van der Waals surface area contributed by atoms with Crippen molar-refractivity contribution in [2.24, 2.45) is 4.99 Å². The standard InChI is InChI=1S/C15H15BrN2O/c1-11-10-19-15(17-11)14-7-4-8-18(14)9-12-5-2-3-6-13(12)16/h2-8,11H,9-10H2,1H3. The molecule has 1 aliphatic heterocycles. The summed E-state index contributed by atoms with van der Waals surface area (Å²) in [5.41, 5.74) is 2.28. The summed E-state index contributed by atoms with van der Waals surface area (Å²) in [6.45, 7) is 3.55. The lowest BCUT2D eigenvalue weighted by Crippen LogP contribution is -2.10. The molecule has 0 amide bonds. The lowest BCUT2D eigenvalue weighted by atomic mass is 10.2. The fourth-order valence-corrected chi connectivity index (χ4v) is 2.58. The summed E-state index contributed by atoms with van der Waals surface area (Å²) in [5.74, 6) is 0.754. The van der Waals surface area contributed by atoms with E-state index in [4.69, 9.17) is 4.74 Å². The van der Waals surface area contributed by atoms with Crippen molar-refractivity contribution in [3.63, 3.8) is 0 Å². The van der Waals surface area contributed by atoms with E-state index < -0.39 is 0 Å². The van der Waals surface area contributed by atoms with E-state index in [0.717, 1.165) is 22.6 Å². The van der Waals surface area contributed by atoms with Crippen LogP contribution in [0.1, 0.15) is 18.2 Å². The van der Waals surface area contributed by atoms with Gasteiger partial charge in [-0.05, 0) is 30.7 Å². The van der Waals surface area contributed by atoms with Gasteiger partial charge in [-0.15, -0.1) is 0 Å². The van der Waals surface area contributed by atoms with Gasteiger partial charge in [0.25, 0.3) is 0 Å². The molecular weight excluding hydrogens is 304 g/mol. The van der Waals surface area contributed by atoms with Crippen LogP contribution in [0.25, 0.3) is 0 Å². The Balaban J connectivity index is 1.89. The number of benzene rings is 1. The molecule has 3 rings (SSSR count). The Morgan fingerprint density at radius 3 is 2.89 bits per heavy atom. The second-order valence-corrected chi connectivity index (χ2v) is 5.56. The van der Waals surface area contributed by atoms with Crippen LogP contribution in [0.2, 0.25) is 0 Å². The summed E-state index contributed by atoms with van der Waals surface area (Å²) >= 11 is 3.58. The van der Waals surface area contributed by atoms with Crippen LogP contribution < -0.4 is 0 Å². The second kappa shape index (κ2) is 5.21. The van der Waals surface area contributed by atoms with E-state index >= 15 is 0 Å². The van der Waals surface area contributed by atoms with Gasteiger partial charge in [0, 0.05) is 17.2 Å². The SMILES string of the molecule is CC1COC(c2cccn2Cc2ccccc2Br)=N1. The number of aliphatic imine (C=N–C) groups is 1.